The summed E-state index contributed by atoms with van der Waals surface area (Å²) in [5.74, 6) is -0.845. The zero-order valence-corrected chi connectivity index (χ0v) is 49.5. The molecular weight excluding hydrogens is 942 g/mol. The van der Waals surface area contributed by atoms with Gasteiger partial charge in [0.15, 0.2) is 6.10 Å². The molecule has 9 nitrogen and oxygen atoms in total. The largest absolute Gasteiger partial charge is 0.472 e. The standard InChI is InChI=1S/C64H114NO8P/c1-6-8-10-12-14-16-18-20-22-24-26-28-29-30-31-32-33-34-35-37-38-40-42-44-46-48-50-52-54-56-63(66)70-60-62(61-72-74(68,69)71-59-58-65(3,4)5)73-64(67)57-55-53-51-49-47-45-43-41-39-36-27-25-23-21-19-17-15-13-11-9-7-2/h9,11,15,17,21,23-24,26-27,36,41,43,47,49,62H,6-8,10,12-14,16,18-20,22,25,28-35,37-40,42,44-46,48,50-61H2,1-5H3/p+1/b11-9-,17-15-,23-21-,26-24-,36-27-,43-41-,49-47-. The third-order valence-electron chi connectivity index (χ3n) is 12.9. The molecule has 0 rings (SSSR count). The van der Waals surface area contributed by atoms with Crippen molar-refractivity contribution in [2.24, 2.45) is 0 Å². The molecule has 0 radical (unpaired) electrons. The van der Waals surface area contributed by atoms with Gasteiger partial charge in [-0.15, -0.1) is 0 Å². The van der Waals surface area contributed by atoms with Gasteiger partial charge in [-0.25, -0.2) is 4.57 Å². The number of nitrogens with zero attached hydrogens (tertiary/aromatic N) is 1. The van der Waals surface area contributed by atoms with E-state index in [0.29, 0.717) is 17.4 Å². The molecule has 0 aromatic carbocycles. The molecule has 0 bridgehead atoms. The van der Waals surface area contributed by atoms with Crippen molar-refractivity contribution in [2.75, 3.05) is 47.5 Å². The number of likely N-dealkylation sites (N-methyl/N-ethyl adjacent to an activating group) is 1. The first-order valence-electron chi connectivity index (χ1n) is 30.3. The summed E-state index contributed by atoms with van der Waals surface area (Å²) >= 11 is 0. The molecule has 0 spiro atoms. The Kier molecular flexibility index (Phi) is 52.9. The van der Waals surface area contributed by atoms with Gasteiger partial charge in [-0.1, -0.05) is 240 Å². The minimum absolute atomic E-state index is 0.0198. The van der Waals surface area contributed by atoms with E-state index in [9.17, 15) is 19.0 Å². The van der Waals surface area contributed by atoms with Crippen LogP contribution in [0, 0.1) is 0 Å². The second-order valence-electron chi connectivity index (χ2n) is 21.4. The Bertz CT molecular complexity index is 1520. The average molecular weight is 1060 g/mol. The summed E-state index contributed by atoms with van der Waals surface area (Å²) in [6.07, 6.45) is 73.9. The first-order chi connectivity index (χ1) is 36.0. The van der Waals surface area contributed by atoms with Crippen LogP contribution in [0.4, 0.5) is 0 Å². The first-order valence-corrected chi connectivity index (χ1v) is 31.8. The highest BCUT2D eigenvalue weighted by molar-refractivity contribution is 7.47. The fourth-order valence-electron chi connectivity index (χ4n) is 8.25. The lowest BCUT2D eigenvalue weighted by Crippen LogP contribution is -2.37. The van der Waals surface area contributed by atoms with Gasteiger partial charge in [0.2, 0.25) is 0 Å². The summed E-state index contributed by atoms with van der Waals surface area (Å²) in [7, 11) is 1.44. The van der Waals surface area contributed by atoms with Crippen LogP contribution < -0.4 is 0 Å². The van der Waals surface area contributed by atoms with Gasteiger partial charge in [0.1, 0.15) is 19.8 Å². The number of carbonyl (C=O) groups is 2. The minimum Gasteiger partial charge on any atom is -0.462 e. The number of unbranched alkanes of at least 4 members (excludes halogenated alkanes) is 27. The molecule has 0 heterocycles. The molecule has 428 valence electrons. The number of phosphoric ester groups is 1. The highest BCUT2D eigenvalue weighted by atomic mass is 31.2. The van der Waals surface area contributed by atoms with Crippen LogP contribution in [-0.4, -0.2) is 74.9 Å². The summed E-state index contributed by atoms with van der Waals surface area (Å²) in [5, 5.41) is 0. The van der Waals surface area contributed by atoms with Gasteiger partial charge in [0.25, 0.3) is 0 Å². The normalized spacial score (nSPS) is 13.9. The number of hydrogen-bond donors (Lipinski definition) is 1. The van der Waals surface area contributed by atoms with E-state index in [0.717, 1.165) is 70.6 Å². The van der Waals surface area contributed by atoms with E-state index in [2.05, 4.69) is 98.9 Å². The third kappa shape index (κ3) is 58.5. The lowest BCUT2D eigenvalue weighted by atomic mass is 10.0. The van der Waals surface area contributed by atoms with Crippen molar-refractivity contribution >= 4 is 19.8 Å². The first kappa shape index (κ1) is 71.2. The van der Waals surface area contributed by atoms with E-state index in [4.69, 9.17) is 18.5 Å². The van der Waals surface area contributed by atoms with Crippen LogP contribution in [0.2, 0.25) is 0 Å². The quantitative estimate of drug-likeness (QED) is 0.0211. The molecule has 10 heteroatoms. The molecule has 0 aromatic rings. The van der Waals surface area contributed by atoms with E-state index in [1.807, 2.05) is 21.1 Å². The molecule has 2 atom stereocenters. The third-order valence-corrected chi connectivity index (χ3v) is 13.9. The number of carbonyl (C=O) groups excluding carboxylic acids is 2. The zero-order chi connectivity index (χ0) is 54.2. The zero-order valence-electron chi connectivity index (χ0n) is 48.6. The van der Waals surface area contributed by atoms with E-state index < -0.39 is 26.5 Å². The topological polar surface area (TPSA) is 108 Å². The number of esters is 2. The molecule has 74 heavy (non-hydrogen) atoms. The van der Waals surface area contributed by atoms with Crippen LogP contribution in [-0.2, 0) is 32.7 Å². The van der Waals surface area contributed by atoms with E-state index in [1.54, 1.807) is 0 Å². The number of rotatable bonds is 55. The predicted molar refractivity (Wildman–Crippen MR) is 316 cm³/mol. The number of quaternary nitrogens is 1. The summed E-state index contributed by atoms with van der Waals surface area (Å²) in [6.45, 7) is 4.28. The fourth-order valence-corrected chi connectivity index (χ4v) is 8.99. The van der Waals surface area contributed by atoms with Crippen molar-refractivity contribution < 1.29 is 42.1 Å². The van der Waals surface area contributed by atoms with E-state index in [-0.39, 0.29) is 32.0 Å². The van der Waals surface area contributed by atoms with Crippen LogP contribution in [0.3, 0.4) is 0 Å². The van der Waals surface area contributed by atoms with Crippen molar-refractivity contribution in [3.63, 3.8) is 0 Å². The number of ether oxygens (including phenoxy) is 2. The van der Waals surface area contributed by atoms with Gasteiger partial charge in [0.05, 0.1) is 27.7 Å². The SMILES string of the molecule is CC/C=C\C/C=C\C/C=C\C/C=C\C/C=C\C/C=C\CCCCC(=O)OC(COC(=O)CCCCCCCCCCCCCCCCCCC/C=C\CCCCCCCCCC)COP(=O)(O)OCC[N+](C)(C)C. The summed E-state index contributed by atoms with van der Waals surface area (Å²) in [4.78, 5) is 35.7. The van der Waals surface area contributed by atoms with Crippen LogP contribution in [0.15, 0.2) is 85.1 Å². The molecule has 0 aliphatic heterocycles. The molecule has 0 aliphatic carbocycles. The number of allylic oxidation sites excluding steroid dienone is 14. The Labute approximate surface area is 456 Å². The van der Waals surface area contributed by atoms with Gasteiger partial charge in [-0.3, -0.25) is 18.6 Å². The maximum absolute atomic E-state index is 12.8. The highest BCUT2D eigenvalue weighted by Crippen LogP contribution is 2.43. The molecule has 0 saturated heterocycles. The van der Waals surface area contributed by atoms with Gasteiger partial charge in [-0.05, 0) is 89.9 Å². The Balaban J connectivity index is 4.16. The van der Waals surface area contributed by atoms with Gasteiger partial charge in [-0.2, -0.15) is 0 Å². The highest BCUT2D eigenvalue weighted by Gasteiger charge is 2.27. The van der Waals surface area contributed by atoms with Crippen LogP contribution >= 0.6 is 7.82 Å². The van der Waals surface area contributed by atoms with Gasteiger partial charge in [0, 0.05) is 12.8 Å². The molecular formula is C64H115NO8P+. The molecule has 0 aromatic heterocycles. The monoisotopic (exact) mass is 1060 g/mol. The smallest absolute Gasteiger partial charge is 0.462 e. The maximum Gasteiger partial charge on any atom is 0.472 e. The van der Waals surface area contributed by atoms with Crippen molar-refractivity contribution in [1.82, 2.24) is 0 Å². The van der Waals surface area contributed by atoms with Gasteiger partial charge >= 0.3 is 19.8 Å². The lowest BCUT2D eigenvalue weighted by Gasteiger charge is -2.24. The van der Waals surface area contributed by atoms with Crippen molar-refractivity contribution in [3.8, 4) is 0 Å². The summed E-state index contributed by atoms with van der Waals surface area (Å²) < 4.78 is 34.5. The second kappa shape index (κ2) is 55.0. The second-order valence-corrected chi connectivity index (χ2v) is 22.8. The minimum atomic E-state index is -4.40. The number of hydrogen-bond acceptors (Lipinski definition) is 7. The fraction of sp³-hybridized carbons (Fsp3) is 0.750. The molecule has 0 fully saturated rings. The predicted octanol–water partition coefficient (Wildman–Crippen LogP) is 19.0. The number of phosphoric acid groups is 1. The Morgan fingerprint density at radius 3 is 1.19 bits per heavy atom. The molecule has 0 saturated carbocycles. The Hall–Kier alpha value is -2.81. The van der Waals surface area contributed by atoms with E-state index >= 15 is 0 Å². The van der Waals surface area contributed by atoms with Crippen LogP contribution in [0.5, 0.6) is 0 Å². The van der Waals surface area contributed by atoms with Crippen LogP contribution in [0.25, 0.3) is 0 Å². The Morgan fingerprint density at radius 2 is 0.770 bits per heavy atom. The lowest BCUT2D eigenvalue weighted by molar-refractivity contribution is -0.870. The molecule has 2 unspecified atom stereocenters. The maximum atomic E-state index is 12.8. The molecule has 0 amide bonds. The van der Waals surface area contributed by atoms with E-state index in [1.165, 1.54) is 154 Å². The summed E-state index contributed by atoms with van der Waals surface area (Å²) in [5.41, 5.74) is 0. The van der Waals surface area contributed by atoms with Crippen molar-refractivity contribution in [3.05, 3.63) is 85.1 Å². The molecule has 1 N–H and O–H groups in total. The van der Waals surface area contributed by atoms with Crippen molar-refractivity contribution in [1.29, 1.82) is 0 Å². The summed E-state index contributed by atoms with van der Waals surface area (Å²) in [6, 6.07) is 0. The average Bonchev–Trinajstić information content (AvgIpc) is 3.36. The van der Waals surface area contributed by atoms with Gasteiger partial charge < -0.3 is 18.9 Å². The van der Waals surface area contributed by atoms with Crippen LogP contribution in [0.1, 0.15) is 258 Å². The Morgan fingerprint density at radius 1 is 0.432 bits per heavy atom. The van der Waals surface area contributed by atoms with Crippen molar-refractivity contribution in [2.45, 2.75) is 264 Å². The molecule has 0 aliphatic rings.